The molecule has 0 atom stereocenters. The molecule has 2 rings (SSSR count). The standard InChI is InChI=1S/C16H18FNO3/c1-21-16(7-3-8-16)11-18-15(20)13-6-5-12(4-2-9-19)14(17)10-13/h5-6,10,19H,3,7-9,11H2,1H3,(H,18,20). The predicted octanol–water partition coefficient (Wildman–Crippen LogP) is 1.47. The number of hydrogen-bond donors (Lipinski definition) is 2. The van der Waals surface area contributed by atoms with E-state index in [0.717, 1.165) is 25.3 Å². The number of carbonyl (C=O) groups is 1. The number of rotatable bonds is 4. The van der Waals surface area contributed by atoms with Crippen LogP contribution < -0.4 is 5.32 Å². The van der Waals surface area contributed by atoms with Gasteiger partial charge in [0.2, 0.25) is 0 Å². The molecule has 1 saturated carbocycles. The summed E-state index contributed by atoms with van der Waals surface area (Å²) in [5.41, 5.74) is 0.140. The van der Waals surface area contributed by atoms with Crippen molar-refractivity contribution >= 4 is 5.91 Å². The predicted molar refractivity (Wildman–Crippen MR) is 76.3 cm³/mol. The second kappa shape index (κ2) is 6.70. The van der Waals surface area contributed by atoms with Crippen molar-refractivity contribution in [3.63, 3.8) is 0 Å². The first-order chi connectivity index (χ1) is 10.1. The van der Waals surface area contributed by atoms with Crippen LogP contribution in [0.2, 0.25) is 0 Å². The Balaban J connectivity index is 2.01. The van der Waals surface area contributed by atoms with Crippen molar-refractivity contribution in [1.29, 1.82) is 0 Å². The van der Waals surface area contributed by atoms with Gasteiger partial charge in [0.15, 0.2) is 0 Å². The molecule has 5 heteroatoms. The zero-order chi connectivity index (χ0) is 15.3. The minimum atomic E-state index is -0.575. The van der Waals surface area contributed by atoms with Crippen molar-refractivity contribution in [2.24, 2.45) is 0 Å². The zero-order valence-electron chi connectivity index (χ0n) is 11.9. The highest BCUT2D eigenvalue weighted by Crippen LogP contribution is 2.34. The first kappa shape index (κ1) is 15.5. The Morgan fingerprint density at radius 3 is 2.81 bits per heavy atom. The smallest absolute Gasteiger partial charge is 0.251 e. The quantitative estimate of drug-likeness (QED) is 0.826. The number of methoxy groups -OCH3 is 1. The molecule has 0 aliphatic heterocycles. The molecule has 4 nitrogen and oxygen atoms in total. The number of nitrogens with one attached hydrogen (secondary N) is 1. The lowest BCUT2D eigenvalue weighted by molar-refractivity contribution is -0.0679. The average Bonchev–Trinajstić information content (AvgIpc) is 2.45. The Labute approximate surface area is 123 Å². The molecule has 0 unspecified atom stereocenters. The van der Waals surface area contributed by atoms with Crippen LogP contribution in [0.3, 0.4) is 0 Å². The van der Waals surface area contributed by atoms with Gasteiger partial charge in [0.1, 0.15) is 12.4 Å². The van der Waals surface area contributed by atoms with Crippen LogP contribution in [0.5, 0.6) is 0 Å². The highest BCUT2D eigenvalue weighted by Gasteiger charge is 2.37. The second-order valence-electron chi connectivity index (χ2n) is 5.08. The van der Waals surface area contributed by atoms with E-state index in [4.69, 9.17) is 9.84 Å². The zero-order valence-corrected chi connectivity index (χ0v) is 11.9. The Morgan fingerprint density at radius 2 is 2.29 bits per heavy atom. The molecule has 0 radical (unpaired) electrons. The van der Waals surface area contributed by atoms with E-state index in [1.165, 1.54) is 12.1 Å². The van der Waals surface area contributed by atoms with E-state index >= 15 is 0 Å². The van der Waals surface area contributed by atoms with Crippen molar-refractivity contribution in [1.82, 2.24) is 5.32 Å². The van der Waals surface area contributed by atoms with Gasteiger partial charge in [0.25, 0.3) is 5.91 Å². The Kier molecular flexibility index (Phi) is 4.94. The molecule has 1 fully saturated rings. The van der Waals surface area contributed by atoms with Gasteiger partial charge in [0, 0.05) is 19.2 Å². The maximum Gasteiger partial charge on any atom is 0.251 e. The van der Waals surface area contributed by atoms with Crippen LogP contribution in [-0.2, 0) is 4.74 Å². The number of amides is 1. The van der Waals surface area contributed by atoms with Crippen LogP contribution >= 0.6 is 0 Å². The topological polar surface area (TPSA) is 58.6 Å². The molecule has 0 saturated heterocycles. The fourth-order valence-electron chi connectivity index (χ4n) is 2.26. The van der Waals surface area contributed by atoms with E-state index in [1.807, 2.05) is 0 Å². The van der Waals surface area contributed by atoms with E-state index in [2.05, 4.69) is 17.2 Å². The SMILES string of the molecule is COC1(CNC(=O)c2ccc(C#CCO)c(F)c2)CCC1. The lowest BCUT2D eigenvalue weighted by Gasteiger charge is -2.40. The Bertz CT molecular complexity index is 579. The molecule has 0 spiro atoms. The maximum absolute atomic E-state index is 13.8. The summed E-state index contributed by atoms with van der Waals surface area (Å²) >= 11 is 0. The molecule has 0 heterocycles. The van der Waals surface area contributed by atoms with Crippen LogP contribution in [0, 0.1) is 17.7 Å². The van der Waals surface area contributed by atoms with Crippen LogP contribution in [0.15, 0.2) is 18.2 Å². The molecular weight excluding hydrogens is 273 g/mol. The summed E-state index contributed by atoms with van der Waals surface area (Å²) in [5.74, 6) is 3.95. The lowest BCUT2D eigenvalue weighted by atomic mass is 9.80. The van der Waals surface area contributed by atoms with E-state index in [9.17, 15) is 9.18 Å². The molecule has 1 aliphatic rings. The summed E-state index contributed by atoms with van der Waals surface area (Å²) in [7, 11) is 1.64. The normalized spacial score (nSPS) is 15.6. The molecule has 21 heavy (non-hydrogen) atoms. The van der Waals surface area contributed by atoms with Gasteiger partial charge in [-0.2, -0.15) is 0 Å². The Morgan fingerprint density at radius 1 is 1.52 bits per heavy atom. The molecule has 0 bridgehead atoms. The number of carbonyl (C=O) groups excluding carboxylic acids is 1. The molecule has 1 amide bonds. The minimum Gasteiger partial charge on any atom is -0.384 e. The first-order valence-electron chi connectivity index (χ1n) is 6.83. The van der Waals surface area contributed by atoms with Gasteiger partial charge in [-0.1, -0.05) is 11.8 Å². The van der Waals surface area contributed by atoms with Gasteiger partial charge in [-0.3, -0.25) is 4.79 Å². The molecule has 1 aromatic rings. The third-order valence-electron chi connectivity index (χ3n) is 3.80. The number of ether oxygens (including phenoxy) is 1. The third-order valence-corrected chi connectivity index (χ3v) is 3.80. The molecule has 0 aromatic heterocycles. The van der Waals surface area contributed by atoms with E-state index in [0.29, 0.717) is 6.54 Å². The molecule has 2 N–H and O–H groups in total. The molecule has 112 valence electrons. The van der Waals surface area contributed by atoms with E-state index in [1.54, 1.807) is 7.11 Å². The summed E-state index contributed by atoms with van der Waals surface area (Å²) in [4.78, 5) is 12.0. The number of benzene rings is 1. The van der Waals surface area contributed by atoms with Crippen molar-refractivity contribution < 1.29 is 19.0 Å². The van der Waals surface area contributed by atoms with Crippen LogP contribution in [0.1, 0.15) is 35.2 Å². The Hall–Kier alpha value is -1.90. The summed E-state index contributed by atoms with van der Waals surface area (Å²) < 4.78 is 19.2. The van der Waals surface area contributed by atoms with Crippen LogP contribution in [-0.4, -0.2) is 36.9 Å². The number of halogens is 1. The average molecular weight is 291 g/mol. The van der Waals surface area contributed by atoms with Gasteiger partial charge < -0.3 is 15.2 Å². The minimum absolute atomic E-state index is 0.160. The van der Waals surface area contributed by atoms with Crippen molar-refractivity contribution in [2.75, 3.05) is 20.3 Å². The summed E-state index contributed by atoms with van der Waals surface area (Å²) in [6, 6.07) is 4.10. The summed E-state index contributed by atoms with van der Waals surface area (Å²) in [6.07, 6.45) is 2.94. The maximum atomic E-state index is 13.8. The van der Waals surface area contributed by atoms with Crippen molar-refractivity contribution in [2.45, 2.75) is 24.9 Å². The van der Waals surface area contributed by atoms with Gasteiger partial charge in [0.05, 0.1) is 11.2 Å². The van der Waals surface area contributed by atoms with Crippen molar-refractivity contribution in [3.8, 4) is 11.8 Å². The molecular formula is C16H18FNO3. The first-order valence-corrected chi connectivity index (χ1v) is 6.83. The lowest BCUT2D eigenvalue weighted by Crippen LogP contribution is -2.49. The molecule has 1 aromatic carbocycles. The summed E-state index contributed by atoms with van der Waals surface area (Å²) in [5, 5.41) is 11.4. The van der Waals surface area contributed by atoms with Gasteiger partial charge in [-0.05, 0) is 37.5 Å². The van der Waals surface area contributed by atoms with Crippen LogP contribution in [0.4, 0.5) is 4.39 Å². The second-order valence-corrected chi connectivity index (χ2v) is 5.08. The van der Waals surface area contributed by atoms with Crippen LogP contribution in [0.25, 0.3) is 0 Å². The summed E-state index contributed by atoms with van der Waals surface area (Å²) in [6.45, 7) is 0.0940. The van der Waals surface area contributed by atoms with E-state index < -0.39 is 5.82 Å². The van der Waals surface area contributed by atoms with Gasteiger partial charge in [-0.15, -0.1) is 0 Å². The van der Waals surface area contributed by atoms with E-state index in [-0.39, 0.29) is 29.2 Å². The fourth-order valence-corrected chi connectivity index (χ4v) is 2.26. The van der Waals surface area contributed by atoms with Crippen molar-refractivity contribution in [3.05, 3.63) is 35.1 Å². The number of aliphatic hydroxyl groups excluding tert-OH is 1. The van der Waals surface area contributed by atoms with Gasteiger partial charge in [-0.25, -0.2) is 4.39 Å². The highest BCUT2D eigenvalue weighted by molar-refractivity contribution is 5.94. The monoisotopic (exact) mass is 291 g/mol. The number of aliphatic hydroxyl groups is 1. The number of hydrogen-bond acceptors (Lipinski definition) is 3. The highest BCUT2D eigenvalue weighted by atomic mass is 19.1. The third kappa shape index (κ3) is 3.60. The molecule has 1 aliphatic carbocycles. The fraction of sp³-hybridized carbons (Fsp3) is 0.438. The largest absolute Gasteiger partial charge is 0.384 e. The van der Waals surface area contributed by atoms with Gasteiger partial charge >= 0.3 is 0 Å².